The molecular formula is C21H15Cl2N3O3. The average Bonchev–Trinajstić information content (AvgIpc) is 3.13. The number of nitrogens with zero attached hydrogens (tertiary/aromatic N) is 2. The van der Waals surface area contributed by atoms with Crippen LogP contribution in [0.4, 0.5) is 5.69 Å². The number of aryl methyl sites for hydroxylation is 1. The molecule has 2 aromatic heterocycles. The van der Waals surface area contributed by atoms with Crippen LogP contribution in [0.25, 0.3) is 22.7 Å². The van der Waals surface area contributed by atoms with Crippen LogP contribution in [0.1, 0.15) is 5.56 Å². The van der Waals surface area contributed by atoms with Gasteiger partial charge < -0.3 is 14.5 Å². The zero-order valence-corrected chi connectivity index (χ0v) is 16.8. The van der Waals surface area contributed by atoms with Crippen LogP contribution in [0.15, 0.2) is 59.1 Å². The largest absolute Gasteiger partial charge is 0.482 e. The zero-order chi connectivity index (χ0) is 20.4. The lowest BCUT2D eigenvalue weighted by Crippen LogP contribution is -2.20. The van der Waals surface area contributed by atoms with Crippen LogP contribution in [0, 0.1) is 6.92 Å². The molecule has 6 nitrogen and oxygen atoms in total. The van der Waals surface area contributed by atoms with Crippen molar-refractivity contribution in [2.75, 3.05) is 11.9 Å². The molecule has 1 amide bonds. The van der Waals surface area contributed by atoms with Crippen molar-refractivity contribution < 1.29 is 13.9 Å². The highest BCUT2D eigenvalue weighted by Gasteiger charge is 2.13. The van der Waals surface area contributed by atoms with Gasteiger partial charge in [0, 0.05) is 22.5 Å². The Kier molecular flexibility index (Phi) is 5.38. The Bertz CT molecular complexity index is 1170. The van der Waals surface area contributed by atoms with E-state index in [4.69, 9.17) is 32.4 Å². The van der Waals surface area contributed by atoms with Gasteiger partial charge >= 0.3 is 0 Å². The third kappa shape index (κ3) is 4.34. The molecule has 0 saturated heterocycles. The molecule has 2 aromatic carbocycles. The zero-order valence-electron chi connectivity index (χ0n) is 15.3. The number of halogens is 2. The summed E-state index contributed by atoms with van der Waals surface area (Å²) in [5.41, 5.74) is 3.45. The van der Waals surface area contributed by atoms with Gasteiger partial charge in [-0.15, -0.1) is 0 Å². The van der Waals surface area contributed by atoms with Gasteiger partial charge in [-0.05, 0) is 55.0 Å². The maximum absolute atomic E-state index is 12.3. The lowest BCUT2D eigenvalue weighted by atomic mass is 10.1. The van der Waals surface area contributed by atoms with Gasteiger partial charge in [0.2, 0.25) is 5.89 Å². The smallest absolute Gasteiger partial charge is 0.262 e. The van der Waals surface area contributed by atoms with E-state index in [1.165, 1.54) is 0 Å². The molecule has 4 rings (SSSR count). The summed E-state index contributed by atoms with van der Waals surface area (Å²) >= 11 is 11.9. The van der Waals surface area contributed by atoms with E-state index in [1.807, 2.05) is 13.0 Å². The first-order chi connectivity index (χ1) is 14.0. The highest BCUT2D eigenvalue weighted by atomic mass is 35.5. The Hall–Kier alpha value is -3.09. The van der Waals surface area contributed by atoms with Crippen molar-refractivity contribution in [3.05, 3.63) is 70.3 Å². The van der Waals surface area contributed by atoms with Crippen molar-refractivity contribution in [3.63, 3.8) is 0 Å². The number of ether oxygens (including phenoxy) is 1. The lowest BCUT2D eigenvalue weighted by molar-refractivity contribution is -0.118. The van der Waals surface area contributed by atoms with E-state index >= 15 is 0 Å². The summed E-state index contributed by atoms with van der Waals surface area (Å²) in [6.07, 6.45) is 1.66. The van der Waals surface area contributed by atoms with Crippen LogP contribution in [0.3, 0.4) is 0 Å². The molecule has 0 radical (unpaired) electrons. The number of nitrogens with one attached hydrogen (secondary N) is 1. The molecule has 0 aliphatic heterocycles. The van der Waals surface area contributed by atoms with Gasteiger partial charge in [-0.25, -0.2) is 4.98 Å². The molecule has 29 heavy (non-hydrogen) atoms. The summed E-state index contributed by atoms with van der Waals surface area (Å²) in [5.74, 6) is 0.497. The Morgan fingerprint density at radius 2 is 2.03 bits per heavy atom. The molecule has 146 valence electrons. The van der Waals surface area contributed by atoms with Crippen LogP contribution in [0.2, 0.25) is 10.0 Å². The molecule has 0 bridgehead atoms. The second-order valence-corrected chi connectivity index (χ2v) is 7.13. The maximum Gasteiger partial charge on any atom is 0.262 e. The van der Waals surface area contributed by atoms with Gasteiger partial charge in [0.15, 0.2) is 17.8 Å². The molecule has 0 saturated carbocycles. The van der Waals surface area contributed by atoms with E-state index in [9.17, 15) is 4.79 Å². The predicted octanol–water partition coefficient (Wildman–Crippen LogP) is 5.52. The van der Waals surface area contributed by atoms with Crippen LogP contribution in [0.5, 0.6) is 5.75 Å². The van der Waals surface area contributed by atoms with Crippen molar-refractivity contribution in [1.29, 1.82) is 0 Å². The first-order valence-electron chi connectivity index (χ1n) is 8.70. The summed E-state index contributed by atoms with van der Waals surface area (Å²) in [6.45, 7) is 1.74. The number of hydrogen-bond donors (Lipinski definition) is 1. The number of pyridine rings is 1. The molecule has 8 heteroatoms. The van der Waals surface area contributed by atoms with Crippen LogP contribution in [-0.4, -0.2) is 22.5 Å². The van der Waals surface area contributed by atoms with Crippen LogP contribution < -0.4 is 10.1 Å². The van der Waals surface area contributed by atoms with E-state index in [2.05, 4.69) is 15.3 Å². The van der Waals surface area contributed by atoms with Gasteiger partial charge in [0.1, 0.15) is 5.75 Å². The van der Waals surface area contributed by atoms with Gasteiger partial charge in [0.05, 0.1) is 5.02 Å². The summed E-state index contributed by atoms with van der Waals surface area (Å²) < 4.78 is 11.2. The molecule has 0 spiro atoms. The SMILES string of the molecule is Cc1ccc(NC(=O)COc2ccc(Cl)cc2Cl)cc1-c1nc2ncccc2o1. The molecule has 0 fully saturated rings. The van der Waals surface area contributed by atoms with Crippen molar-refractivity contribution in [3.8, 4) is 17.2 Å². The van der Waals surface area contributed by atoms with E-state index in [0.717, 1.165) is 11.1 Å². The Morgan fingerprint density at radius 3 is 2.83 bits per heavy atom. The Balaban J connectivity index is 1.49. The molecule has 4 aromatic rings. The van der Waals surface area contributed by atoms with Gasteiger partial charge in [0.25, 0.3) is 5.91 Å². The van der Waals surface area contributed by atoms with Crippen LogP contribution in [-0.2, 0) is 4.79 Å². The number of fused-ring (bicyclic) bond motifs is 1. The monoisotopic (exact) mass is 427 g/mol. The van der Waals surface area contributed by atoms with Gasteiger partial charge in [-0.1, -0.05) is 29.3 Å². The minimum Gasteiger partial charge on any atom is -0.482 e. The number of amides is 1. The molecule has 0 unspecified atom stereocenters. The first kappa shape index (κ1) is 19.2. The standard InChI is InChI=1S/C21H15Cl2N3O3/c1-12-4-6-14(10-15(12)21-26-20-18(29-21)3-2-8-24-20)25-19(27)11-28-17-7-5-13(22)9-16(17)23/h2-10H,11H2,1H3,(H,25,27). The van der Waals surface area contributed by atoms with Crippen LogP contribution >= 0.6 is 23.2 Å². The number of benzene rings is 2. The number of hydrogen-bond acceptors (Lipinski definition) is 5. The number of aromatic nitrogens is 2. The first-order valence-corrected chi connectivity index (χ1v) is 9.45. The molecule has 0 aliphatic rings. The minimum absolute atomic E-state index is 0.197. The predicted molar refractivity (Wildman–Crippen MR) is 113 cm³/mol. The fourth-order valence-electron chi connectivity index (χ4n) is 2.75. The van der Waals surface area contributed by atoms with E-state index in [0.29, 0.717) is 38.6 Å². The quantitative estimate of drug-likeness (QED) is 0.453. The molecule has 0 aliphatic carbocycles. The van der Waals surface area contributed by atoms with E-state index in [-0.39, 0.29) is 12.5 Å². The maximum atomic E-state index is 12.3. The van der Waals surface area contributed by atoms with Crippen molar-refractivity contribution >= 4 is 46.0 Å². The average molecular weight is 428 g/mol. The topological polar surface area (TPSA) is 77.2 Å². The molecule has 0 atom stereocenters. The van der Waals surface area contributed by atoms with Crippen molar-refractivity contribution in [2.45, 2.75) is 6.92 Å². The lowest BCUT2D eigenvalue weighted by Gasteiger charge is -2.10. The molecular weight excluding hydrogens is 413 g/mol. The third-order valence-corrected chi connectivity index (χ3v) is 4.70. The summed E-state index contributed by atoms with van der Waals surface area (Å²) in [6, 6.07) is 13.9. The molecule has 1 N–H and O–H groups in total. The number of carbonyl (C=O) groups is 1. The van der Waals surface area contributed by atoms with Gasteiger partial charge in [-0.3, -0.25) is 4.79 Å². The number of carbonyl (C=O) groups excluding carboxylic acids is 1. The number of rotatable bonds is 5. The second kappa shape index (κ2) is 8.11. The Morgan fingerprint density at radius 1 is 1.17 bits per heavy atom. The Labute approximate surface area is 176 Å². The fourth-order valence-corrected chi connectivity index (χ4v) is 3.21. The number of anilines is 1. The highest BCUT2D eigenvalue weighted by molar-refractivity contribution is 6.35. The summed E-state index contributed by atoms with van der Waals surface area (Å²) in [7, 11) is 0. The van der Waals surface area contributed by atoms with E-state index < -0.39 is 0 Å². The second-order valence-electron chi connectivity index (χ2n) is 6.29. The van der Waals surface area contributed by atoms with E-state index in [1.54, 1.807) is 48.7 Å². The minimum atomic E-state index is -0.329. The normalized spacial score (nSPS) is 10.9. The fraction of sp³-hybridized carbons (Fsp3) is 0.0952. The summed E-state index contributed by atoms with van der Waals surface area (Å²) in [4.78, 5) is 20.9. The summed E-state index contributed by atoms with van der Waals surface area (Å²) in [5, 5.41) is 3.63. The molecule has 2 heterocycles. The highest BCUT2D eigenvalue weighted by Crippen LogP contribution is 2.29. The van der Waals surface area contributed by atoms with Crippen molar-refractivity contribution in [2.24, 2.45) is 0 Å². The third-order valence-electron chi connectivity index (χ3n) is 4.17. The van der Waals surface area contributed by atoms with Crippen molar-refractivity contribution in [1.82, 2.24) is 9.97 Å². The van der Waals surface area contributed by atoms with Gasteiger partial charge in [-0.2, -0.15) is 4.98 Å². The number of oxazole rings is 1.